The molecule has 0 saturated heterocycles. The van der Waals surface area contributed by atoms with E-state index in [9.17, 15) is 0 Å². The molecule has 0 amide bonds. The fourth-order valence-electron chi connectivity index (χ4n) is 12.3. The van der Waals surface area contributed by atoms with E-state index in [-0.39, 0.29) is 0 Å². The third kappa shape index (κ3) is 5.27. The summed E-state index contributed by atoms with van der Waals surface area (Å²) >= 11 is 0. The number of aromatic nitrogens is 2. The molecule has 2 heterocycles. The molecule has 2 aromatic heterocycles. The molecule has 314 valence electrons. The largest absolute Gasteiger partial charge is 0.344 e. The van der Waals surface area contributed by atoms with Crippen molar-refractivity contribution in [2.24, 2.45) is 14.1 Å². The van der Waals surface area contributed by atoms with Crippen LogP contribution in [0.4, 0.5) is 0 Å². The lowest BCUT2D eigenvalue weighted by molar-refractivity contribution is 0.768. The van der Waals surface area contributed by atoms with Gasteiger partial charge >= 0.3 is 0 Å². The fourth-order valence-corrected chi connectivity index (χ4v) is 12.3. The van der Waals surface area contributed by atoms with Crippen molar-refractivity contribution in [3.05, 3.63) is 253 Å². The van der Waals surface area contributed by atoms with Crippen molar-refractivity contribution in [1.29, 1.82) is 0 Å². The van der Waals surface area contributed by atoms with E-state index in [1.807, 2.05) is 0 Å². The van der Waals surface area contributed by atoms with Crippen molar-refractivity contribution < 1.29 is 0 Å². The van der Waals surface area contributed by atoms with Crippen molar-refractivity contribution in [2.45, 2.75) is 5.41 Å². The van der Waals surface area contributed by atoms with Crippen LogP contribution in [0.15, 0.2) is 231 Å². The maximum absolute atomic E-state index is 2.50. The van der Waals surface area contributed by atoms with Crippen molar-refractivity contribution >= 4 is 65.2 Å². The summed E-state index contributed by atoms with van der Waals surface area (Å²) < 4.78 is 4.64. The monoisotopic (exact) mass is 852 g/mol. The Hall–Kier alpha value is -8.46. The highest BCUT2D eigenvalue weighted by Crippen LogP contribution is 2.57. The van der Waals surface area contributed by atoms with E-state index in [4.69, 9.17) is 0 Å². The van der Waals surface area contributed by atoms with Crippen molar-refractivity contribution in [1.82, 2.24) is 9.13 Å². The minimum Gasteiger partial charge on any atom is -0.344 e. The highest BCUT2D eigenvalue weighted by Gasteiger charge is 2.46. The molecule has 0 atom stereocenters. The molecule has 0 aliphatic heterocycles. The highest BCUT2D eigenvalue weighted by atomic mass is 14.9. The Morgan fingerprint density at radius 1 is 0.269 bits per heavy atom. The fraction of sp³-hybridized carbons (Fsp3) is 0.0462. The second kappa shape index (κ2) is 14.3. The second-order valence-electron chi connectivity index (χ2n) is 18.5. The molecule has 2 nitrogen and oxygen atoms in total. The zero-order valence-corrected chi connectivity index (χ0v) is 37.3. The molecule has 0 saturated carbocycles. The Balaban J connectivity index is 1.07. The predicted octanol–water partition coefficient (Wildman–Crippen LogP) is 16.6. The van der Waals surface area contributed by atoms with Crippen molar-refractivity contribution in [3.63, 3.8) is 0 Å². The number of benzene rings is 11. The van der Waals surface area contributed by atoms with E-state index >= 15 is 0 Å². The summed E-state index contributed by atoms with van der Waals surface area (Å²) in [5.41, 5.74) is 19.6. The maximum Gasteiger partial charge on any atom is 0.0713 e. The van der Waals surface area contributed by atoms with E-state index in [2.05, 4.69) is 254 Å². The smallest absolute Gasteiger partial charge is 0.0713 e. The molecular formula is C65H44N2. The van der Waals surface area contributed by atoms with Gasteiger partial charge in [-0.05, 0) is 137 Å². The van der Waals surface area contributed by atoms with E-state index in [0.29, 0.717) is 0 Å². The van der Waals surface area contributed by atoms with Gasteiger partial charge in [-0.1, -0.05) is 182 Å². The lowest BCUT2D eigenvalue weighted by atomic mass is 9.67. The molecule has 0 bridgehead atoms. The van der Waals surface area contributed by atoms with Crippen LogP contribution in [0.25, 0.3) is 110 Å². The lowest BCUT2D eigenvalue weighted by Gasteiger charge is -2.33. The molecule has 0 N–H and O–H groups in total. The minimum atomic E-state index is -0.464. The summed E-state index contributed by atoms with van der Waals surface area (Å²) in [7, 11) is 4.35. The van der Waals surface area contributed by atoms with Gasteiger partial charge in [-0.15, -0.1) is 0 Å². The molecular weight excluding hydrogens is 809 g/mol. The van der Waals surface area contributed by atoms with Gasteiger partial charge in [-0.25, -0.2) is 0 Å². The van der Waals surface area contributed by atoms with Crippen LogP contribution in [0.5, 0.6) is 0 Å². The first kappa shape index (κ1) is 37.9. The summed E-state index contributed by atoms with van der Waals surface area (Å²) in [6.07, 6.45) is 0. The Kier molecular flexibility index (Phi) is 8.06. The van der Waals surface area contributed by atoms with Crippen molar-refractivity contribution in [3.8, 4) is 44.5 Å². The normalized spacial score (nSPS) is 13.0. The molecule has 1 aliphatic carbocycles. The lowest BCUT2D eigenvalue weighted by Crippen LogP contribution is -2.28. The summed E-state index contributed by atoms with van der Waals surface area (Å²) in [5, 5.41) is 10.1. The van der Waals surface area contributed by atoms with Crippen LogP contribution in [-0.4, -0.2) is 9.13 Å². The number of nitrogens with zero attached hydrogens (tertiary/aromatic N) is 2. The number of fused-ring (bicyclic) bond motifs is 11. The molecule has 13 aromatic rings. The van der Waals surface area contributed by atoms with Gasteiger partial charge in [0.05, 0.1) is 5.41 Å². The Morgan fingerprint density at radius 3 is 1.27 bits per heavy atom. The first-order valence-corrected chi connectivity index (χ1v) is 23.4. The average molecular weight is 853 g/mol. The number of hydrogen-bond acceptors (Lipinski definition) is 0. The zero-order valence-electron chi connectivity index (χ0n) is 37.3. The van der Waals surface area contributed by atoms with Gasteiger partial charge in [-0.3, -0.25) is 0 Å². The molecule has 14 rings (SSSR count). The van der Waals surface area contributed by atoms with Crippen LogP contribution < -0.4 is 0 Å². The maximum atomic E-state index is 2.50. The quantitative estimate of drug-likeness (QED) is 0.153. The Bertz CT molecular complexity index is 3950. The van der Waals surface area contributed by atoms with E-state index in [1.165, 1.54) is 132 Å². The van der Waals surface area contributed by atoms with Crippen LogP contribution >= 0.6 is 0 Å². The molecule has 67 heavy (non-hydrogen) atoms. The Morgan fingerprint density at radius 2 is 0.701 bits per heavy atom. The molecule has 0 fully saturated rings. The zero-order chi connectivity index (χ0) is 44.4. The van der Waals surface area contributed by atoms with Gasteiger partial charge in [0.2, 0.25) is 0 Å². The van der Waals surface area contributed by atoms with Gasteiger partial charge in [0.1, 0.15) is 0 Å². The summed E-state index contributed by atoms with van der Waals surface area (Å²) in [5.74, 6) is 0. The summed E-state index contributed by atoms with van der Waals surface area (Å²) in [6, 6.07) is 86.6. The first-order valence-electron chi connectivity index (χ1n) is 23.4. The predicted molar refractivity (Wildman–Crippen MR) is 283 cm³/mol. The first-order chi connectivity index (χ1) is 33.1. The van der Waals surface area contributed by atoms with E-state index < -0.39 is 5.41 Å². The topological polar surface area (TPSA) is 9.86 Å². The van der Waals surface area contributed by atoms with Crippen LogP contribution in [0.1, 0.15) is 22.3 Å². The molecule has 1 aliphatic rings. The third-order valence-corrected chi connectivity index (χ3v) is 15.2. The van der Waals surface area contributed by atoms with Crippen LogP contribution in [0.2, 0.25) is 0 Å². The van der Waals surface area contributed by atoms with E-state index in [1.54, 1.807) is 0 Å². The highest BCUT2D eigenvalue weighted by molar-refractivity contribution is 6.20. The number of para-hydroxylation sites is 2. The summed E-state index contributed by atoms with van der Waals surface area (Å²) in [6.45, 7) is 0. The van der Waals surface area contributed by atoms with E-state index in [0.717, 1.165) is 0 Å². The SMILES string of the molecule is Cn1c2ccccc2c2cc(-c3cccc4c(-c5ccc6c(c5)-c5ccccc5C6(c5ccccc5)c5ccccc5)c5cccc(-c6ccc7c(c6)c6ccccc6n7C)c5cc34)ccc21. The standard InChI is InChI=1S/C65H44N2/c1-66-60-29-13-10-22-49(60)56-37-41(32-35-62(56)66)46-24-15-26-51-53(46)40-54-47(42-33-36-63-57(38-42)50-23-11-14-30-61(50)67(63)2)25-16-27-52(54)64(51)43-31-34-59-55(39-43)48-21-9-12-28-58(48)65(59,44-17-5-3-6-18-44)45-19-7-4-8-20-45/h3-40H,1-2H3. The van der Waals surface area contributed by atoms with Gasteiger partial charge in [0.15, 0.2) is 0 Å². The van der Waals surface area contributed by atoms with Crippen molar-refractivity contribution in [2.75, 3.05) is 0 Å². The molecule has 11 aromatic carbocycles. The Labute approximate surface area is 389 Å². The third-order valence-electron chi connectivity index (χ3n) is 15.2. The molecule has 0 spiro atoms. The van der Waals surface area contributed by atoms with Gasteiger partial charge in [-0.2, -0.15) is 0 Å². The molecule has 2 heteroatoms. The second-order valence-corrected chi connectivity index (χ2v) is 18.5. The number of rotatable bonds is 5. The van der Waals surface area contributed by atoms with Crippen LogP contribution in [0, 0.1) is 0 Å². The van der Waals surface area contributed by atoms with Gasteiger partial charge in [0, 0.05) is 57.7 Å². The van der Waals surface area contributed by atoms with Crippen LogP contribution in [-0.2, 0) is 19.5 Å². The van der Waals surface area contributed by atoms with Crippen LogP contribution in [0.3, 0.4) is 0 Å². The molecule has 0 unspecified atom stereocenters. The number of hydrogen-bond donors (Lipinski definition) is 0. The van der Waals surface area contributed by atoms with Gasteiger partial charge < -0.3 is 9.13 Å². The number of aryl methyl sites for hydroxylation is 2. The molecule has 0 radical (unpaired) electrons. The minimum absolute atomic E-state index is 0.464. The average Bonchev–Trinajstić information content (AvgIpc) is 3.97. The summed E-state index contributed by atoms with van der Waals surface area (Å²) in [4.78, 5) is 0. The van der Waals surface area contributed by atoms with Gasteiger partial charge in [0.25, 0.3) is 0 Å².